The van der Waals surface area contributed by atoms with Crippen molar-refractivity contribution >= 4 is 45.2 Å². The van der Waals surface area contributed by atoms with Gasteiger partial charge in [-0.25, -0.2) is 4.39 Å². The molecule has 0 aromatic heterocycles. The lowest BCUT2D eigenvalue weighted by Crippen LogP contribution is -2.45. The third kappa shape index (κ3) is 5.23. The summed E-state index contributed by atoms with van der Waals surface area (Å²) in [7, 11) is 0. The number of carbonyl (C=O) groups is 2. The molecule has 2 aromatic rings. The number of benzene rings is 2. The van der Waals surface area contributed by atoms with Crippen LogP contribution in [-0.4, -0.2) is 37.3 Å². The molecule has 27 heavy (non-hydrogen) atoms. The largest absolute Gasteiger partial charge is 0.482 e. The van der Waals surface area contributed by atoms with Crippen LogP contribution < -0.4 is 15.0 Å². The van der Waals surface area contributed by atoms with Gasteiger partial charge in [0, 0.05) is 22.5 Å². The number of ether oxygens (including phenoxy) is 1. The van der Waals surface area contributed by atoms with E-state index in [9.17, 15) is 14.0 Å². The van der Waals surface area contributed by atoms with Crippen molar-refractivity contribution in [1.82, 2.24) is 5.32 Å². The fourth-order valence-electron chi connectivity index (χ4n) is 2.61. The summed E-state index contributed by atoms with van der Waals surface area (Å²) in [6.07, 6.45) is 0. The van der Waals surface area contributed by atoms with Gasteiger partial charge >= 0.3 is 0 Å². The Balaban J connectivity index is 1.46. The lowest BCUT2D eigenvalue weighted by Gasteiger charge is -2.29. The molecule has 2 aromatic carbocycles. The fourth-order valence-corrected chi connectivity index (χ4v) is 3.80. The van der Waals surface area contributed by atoms with Crippen molar-refractivity contribution in [3.63, 3.8) is 0 Å². The van der Waals surface area contributed by atoms with E-state index in [1.54, 1.807) is 36.4 Å². The average molecular weight is 453 g/mol. The highest BCUT2D eigenvalue weighted by Gasteiger charge is 2.27. The molecule has 1 heterocycles. The number of rotatable bonds is 7. The number of hydrogen-bond donors (Lipinski definition) is 1. The van der Waals surface area contributed by atoms with E-state index in [0.29, 0.717) is 35.1 Å². The van der Waals surface area contributed by atoms with E-state index in [1.165, 1.54) is 22.7 Å². The maximum absolute atomic E-state index is 13.5. The van der Waals surface area contributed by atoms with Crippen LogP contribution in [0.25, 0.3) is 0 Å². The Morgan fingerprint density at radius 1 is 1.30 bits per heavy atom. The van der Waals surface area contributed by atoms with E-state index in [4.69, 9.17) is 4.74 Å². The van der Waals surface area contributed by atoms with E-state index in [1.807, 2.05) is 0 Å². The molecule has 0 saturated carbocycles. The molecule has 0 saturated heterocycles. The minimum Gasteiger partial charge on any atom is -0.482 e. The number of amides is 2. The van der Waals surface area contributed by atoms with Crippen molar-refractivity contribution in [2.75, 3.05) is 30.3 Å². The first kappa shape index (κ1) is 19.7. The Morgan fingerprint density at radius 3 is 2.93 bits per heavy atom. The highest BCUT2D eigenvalue weighted by molar-refractivity contribution is 9.10. The van der Waals surface area contributed by atoms with Crippen molar-refractivity contribution in [3.05, 3.63) is 58.3 Å². The zero-order valence-corrected chi connectivity index (χ0v) is 16.8. The predicted molar refractivity (Wildman–Crippen MR) is 108 cm³/mol. The lowest BCUT2D eigenvalue weighted by atomic mass is 10.2. The van der Waals surface area contributed by atoms with E-state index >= 15 is 0 Å². The SMILES string of the molecule is O=C(CN1C(=O)COc2cc(Br)ccc21)NCCSCc1ccccc1F. The van der Waals surface area contributed by atoms with Crippen molar-refractivity contribution in [2.45, 2.75) is 5.75 Å². The molecular weight excluding hydrogens is 435 g/mol. The zero-order valence-electron chi connectivity index (χ0n) is 14.4. The third-order valence-electron chi connectivity index (χ3n) is 3.95. The first-order chi connectivity index (χ1) is 13.0. The summed E-state index contributed by atoms with van der Waals surface area (Å²) in [5.74, 6) is 1.05. The number of carbonyl (C=O) groups excluding carboxylic acids is 2. The number of nitrogens with one attached hydrogen (secondary N) is 1. The number of halogens is 2. The number of nitrogens with zero attached hydrogens (tertiary/aromatic N) is 1. The second-order valence-corrected chi connectivity index (χ2v) is 7.90. The van der Waals surface area contributed by atoms with Gasteiger partial charge in [0.2, 0.25) is 5.91 Å². The zero-order chi connectivity index (χ0) is 19.2. The quantitative estimate of drug-likeness (QED) is 0.654. The van der Waals surface area contributed by atoms with Crippen LogP contribution in [0.5, 0.6) is 5.75 Å². The van der Waals surface area contributed by atoms with Gasteiger partial charge in [0.05, 0.1) is 5.69 Å². The van der Waals surface area contributed by atoms with Crippen LogP contribution in [0, 0.1) is 5.82 Å². The van der Waals surface area contributed by atoms with Gasteiger partial charge in [0.15, 0.2) is 6.61 Å². The number of hydrogen-bond acceptors (Lipinski definition) is 4. The highest BCUT2D eigenvalue weighted by atomic mass is 79.9. The molecule has 3 rings (SSSR count). The molecule has 0 unspecified atom stereocenters. The summed E-state index contributed by atoms with van der Waals surface area (Å²) < 4.78 is 19.8. The van der Waals surface area contributed by atoms with E-state index in [-0.39, 0.29) is 30.8 Å². The molecule has 0 radical (unpaired) electrons. The van der Waals surface area contributed by atoms with Crippen LogP contribution >= 0.6 is 27.7 Å². The first-order valence-electron chi connectivity index (χ1n) is 8.35. The molecule has 0 spiro atoms. The molecule has 5 nitrogen and oxygen atoms in total. The first-order valence-corrected chi connectivity index (χ1v) is 10.3. The maximum Gasteiger partial charge on any atom is 0.265 e. The summed E-state index contributed by atoms with van der Waals surface area (Å²) in [6, 6.07) is 12.0. The molecule has 1 N–H and O–H groups in total. The van der Waals surface area contributed by atoms with Crippen LogP contribution in [0.2, 0.25) is 0 Å². The number of anilines is 1. The van der Waals surface area contributed by atoms with Gasteiger partial charge in [0.1, 0.15) is 18.1 Å². The van der Waals surface area contributed by atoms with Crippen molar-refractivity contribution in [3.8, 4) is 5.75 Å². The fraction of sp³-hybridized carbons (Fsp3) is 0.263. The second kappa shape index (κ2) is 9.23. The van der Waals surface area contributed by atoms with Crippen molar-refractivity contribution < 1.29 is 18.7 Å². The molecule has 142 valence electrons. The average Bonchev–Trinajstić information content (AvgIpc) is 2.65. The van der Waals surface area contributed by atoms with Gasteiger partial charge < -0.3 is 10.1 Å². The molecular formula is C19H18BrFN2O3S. The van der Waals surface area contributed by atoms with Gasteiger partial charge in [-0.15, -0.1) is 0 Å². The Hall–Kier alpha value is -2.06. The molecule has 0 bridgehead atoms. The van der Waals surface area contributed by atoms with Crippen LogP contribution in [-0.2, 0) is 15.3 Å². The maximum atomic E-state index is 13.5. The van der Waals surface area contributed by atoms with Gasteiger partial charge in [-0.05, 0) is 29.8 Å². The Kier molecular flexibility index (Phi) is 6.73. The van der Waals surface area contributed by atoms with E-state index < -0.39 is 0 Å². The third-order valence-corrected chi connectivity index (χ3v) is 5.45. The van der Waals surface area contributed by atoms with Crippen LogP contribution in [0.4, 0.5) is 10.1 Å². The molecule has 8 heteroatoms. The van der Waals surface area contributed by atoms with Crippen LogP contribution in [0.3, 0.4) is 0 Å². The highest BCUT2D eigenvalue weighted by Crippen LogP contribution is 2.34. The van der Waals surface area contributed by atoms with E-state index in [0.717, 1.165) is 4.47 Å². The van der Waals surface area contributed by atoms with Gasteiger partial charge in [0.25, 0.3) is 5.91 Å². The summed E-state index contributed by atoms with van der Waals surface area (Å²) in [5.41, 5.74) is 1.23. The van der Waals surface area contributed by atoms with Crippen LogP contribution in [0.15, 0.2) is 46.9 Å². The number of thioether (sulfide) groups is 1. The van der Waals surface area contributed by atoms with E-state index in [2.05, 4.69) is 21.2 Å². The summed E-state index contributed by atoms with van der Waals surface area (Å²) in [6.45, 7) is 0.299. The summed E-state index contributed by atoms with van der Waals surface area (Å²) >= 11 is 4.90. The smallest absolute Gasteiger partial charge is 0.265 e. The normalized spacial score (nSPS) is 13.1. The Morgan fingerprint density at radius 2 is 2.11 bits per heavy atom. The van der Waals surface area contributed by atoms with Crippen molar-refractivity contribution in [1.29, 1.82) is 0 Å². The molecule has 1 aliphatic heterocycles. The van der Waals surface area contributed by atoms with Crippen LogP contribution in [0.1, 0.15) is 5.56 Å². The topological polar surface area (TPSA) is 58.6 Å². The molecule has 0 aliphatic carbocycles. The van der Waals surface area contributed by atoms with Gasteiger partial charge in [-0.1, -0.05) is 34.1 Å². The molecule has 1 aliphatic rings. The molecule has 0 fully saturated rings. The lowest BCUT2D eigenvalue weighted by molar-refractivity contribution is -0.125. The second-order valence-electron chi connectivity index (χ2n) is 5.87. The minimum absolute atomic E-state index is 0.0607. The molecule has 0 atom stereocenters. The van der Waals surface area contributed by atoms with Gasteiger partial charge in [-0.2, -0.15) is 11.8 Å². The summed E-state index contributed by atoms with van der Waals surface area (Å²) in [4.78, 5) is 25.7. The monoisotopic (exact) mass is 452 g/mol. The Labute approximate surface area is 169 Å². The minimum atomic E-state index is -0.256. The standard InChI is InChI=1S/C19H18BrFN2O3S/c20-14-5-6-16-17(9-14)26-11-19(25)23(16)10-18(24)22-7-8-27-12-13-3-1-2-4-15(13)21/h1-6,9H,7-8,10-12H2,(H,22,24). The predicted octanol–water partition coefficient (Wildman–Crippen LogP) is 3.36. The summed E-state index contributed by atoms with van der Waals surface area (Å²) in [5, 5.41) is 2.80. The van der Waals surface area contributed by atoms with Gasteiger partial charge in [-0.3, -0.25) is 14.5 Å². The Bertz CT molecular complexity index is 849. The van der Waals surface area contributed by atoms with Crippen molar-refractivity contribution in [2.24, 2.45) is 0 Å². The number of fused-ring (bicyclic) bond motifs is 1. The molecule has 2 amide bonds.